The number of carbonyl (C=O) groups is 1. The zero-order chi connectivity index (χ0) is 9.26. The van der Waals surface area contributed by atoms with Crippen LogP contribution in [0.2, 0.25) is 0 Å². The van der Waals surface area contributed by atoms with E-state index in [1.165, 1.54) is 12.8 Å². The number of amidine groups is 1. The molecule has 2 aliphatic rings. The van der Waals surface area contributed by atoms with E-state index in [2.05, 4.69) is 15.2 Å². The molecule has 2 heterocycles. The maximum atomic E-state index is 11.1. The monoisotopic (exact) mass is 181 g/mol. The Kier molecular flexibility index (Phi) is 2.31. The predicted octanol–water partition coefficient (Wildman–Crippen LogP) is -0.00100. The summed E-state index contributed by atoms with van der Waals surface area (Å²) in [6.45, 7) is 4.93. The van der Waals surface area contributed by atoms with Crippen LogP contribution in [0.1, 0.15) is 19.8 Å². The van der Waals surface area contributed by atoms with Crippen LogP contribution in [0.4, 0.5) is 0 Å². The third kappa shape index (κ3) is 1.88. The van der Waals surface area contributed by atoms with Gasteiger partial charge in [0, 0.05) is 0 Å². The van der Waals surface area contributed by atoms with Gasteiger partial charge in [0.25, 0.3) is 0 Å². The van der Waals surface area contributed by atoms with Crippen molar-refractivity contribution in [3.05, 3.63) is 0 Å². The molecule has 0 spiro atoms. The van der Waals surface area contributed by atoms with Crippen LogP contribution in [-0.4, -0.2) is 42.3 Å². The highest BCUT2D eigenvalue weighted by Gasteiger charge is 2.23. The van der Waals surface area contributed by atoms with Crippen LogP contribution in [0.25, 0.3) is 0 Å². The van der Waals surface area contributed by atoms with E-state index < -0.39 is 0 Å². The van der Waals surface area contributed by atoms with E-state index in [9.17, 15) is 4.79 Å². The van der Waals surface area contributed by atoms with Crippen molar-refractivity contribution in [2.45, 2.75) is 25.8 Å². The number of nitrogens with one attached hydrogen (secondary N) is 1. The normalized spacial score (nSPS) is 29.2. The van der Waals surface area contributed by atoms with E-state index in [4.69, 9.17) is 0 Å². The van der Waals surface area contributed by atoms with E-state index in [1.54, 1.807) is 0 Å². The second-order valence-corrected chi connectivity index (χ2v) is 3.72. The summed E-state index contributed by atoms with van der Waals surface area (Å²) < 4.78 is 0. The highest BCUT2D eigenvalue weighted by atomic mass is 16.2. The smallest absolute Gasteiger partial charge is 0.249 e. The third-order valence-electron chi connectivity index (χ3n) is 2.57. The number of likely N-dealkylation sites (tertiary alicyclic amines) is 1. The number of hydrogen-bond acceptors (Lipinski definition) is 3. The maximum absolute atomic E-state index is 11.1. The molecule has 4 heteroatoms. The molecular weight excluding hydrogens is 166 g/mol. The molecule has 72 valence electrons. The number of carbonyl (C=O) groups excluding carboxylic acids is 1. The Labute approximate surface area is 78.0 Å². The molecule has 0 radical (unpaired) electrons. The molecule has 13 heavy (non-hydrogen) atoms. The van der Waals surface area contributed by atoms with Crippen LogP contribution >= 0.6 is 0 Å². The molecule has 0 aromatic carbocycles. The fraction of sp³-hybridized carbons (Fsp3) is 0.778. The second kappa shape index (κ2) is 3.46. The van der Waals surface area contributed by atoms with Gasteiger partial charge in [-0.2, -0.15) is 0 Å². The summed E-state index contributed by atoms with van der Waals surface area (Å²) in [6, 6.07) is -0.183. The molecule has 0 aromatic rings. The van der Waals surface area contributed by atoms with Crippen molar-refractivity contribution in [1.82, 2.24) is 10.2 Å². The van der Waals surface area contributed by atoms with Crippen molar-refractivity contribution < 1.29 is 4.79 Å². The van der Waals surface area contributed by atoms with Gasteiger partial charge >= 0.3 is 0 Å². The Morgan fingerprint density at radius 1 is 1.54 bits per heavy atom. The molecule has 0 saturated carbocycles. The molecule has 1 amide bonds. The molecule has 0 aromatic heterocycles. The van der Waals surface area contributed by atoms with Crippen LogP contribution in [0.3, 0.4) is 0 Å². The quantitative estimate of drug-likeness (QED) is 0.651. The molecule has 2 rings (SSSR count). The minimum Gasteiger partial charge on any atom is -0.312 e. The van der Waals surface area contributed by atoms with E-state index >= 15 is 0 Å². The SMILES string of the molecule is CC1N=C(CN2CCCC2)NC1=O. The largest absolute Gasteiger partial charge is 0.312 e. The fourth-order valence-corrected chi connectivity index (χ4v) is 1.80. The first-order valence-electron chi connectivity index (χ1n) is 4.85. The summed E-state index contributed by atoms with van der Waals surface area (Å²) in [7, 11) is 0. The Balaban J connectivity index is 1.88. The minimum atomic E-state index is -0.183. The lowest BCUT2D eigenvalue weighted by molar-refractivity contribution is -0.119. The van der Waals surface area contributed by atoms with Gasteiger partial charge in [-0.15, -0.1) is 0 Å². The van der Waals surface area contributed by atoms with Crippen molar-refractivity contribution in [3.8, 4) is 0 Å². The second-order valence-electron chi connectivity index (χ2n) is 3.72. The molecule has 1 atom stereocenters. The van der Waals surface area contributed by atoms with E-state index in [0.29, 0.717) is 0 Å². The summed E-state index contributed by atoms with van der Waals surface area (Å²) in [4.78, 5) is 17.7. The first-order chi connectivity index (χ1) is 6.25. The Morgan fingerprint density at radius 2 is 2.23 bits per heavy atom. The zero-order valence-electron chi connectivity index (χ0n) is 7.92. The summed E-state index contributed by atoms with van der Waals surface area (Å²) in [6.07, 6.45) is 2.55. The first-order valence-corrected chi connectivity index (χ1v) is 4.85. The van der Waals surface area contributed by atoms with Crippen molar-refractivity contribution >= 4 is 11.7 Å². The number of hydrogen-bond donors (Lipinski definition) is 1. The summed E-state index contributed by atoms with van der Waals surface area (Å²) in [5.41, 5.74) is 0. The van der Waals surface area contributed by atoms with Crippen LogP contribution < -0.4 is 5.32 Å². The molecule has 1 saturated heterocycles. The predicted molar refractivity (Wildman–Crippen MR) is 50.7 cm³/mol. The molecule has 4 nitrogen and oxygen atoms in total. The van der Waals surface area contributed by atoms with Gasteiger partial charge in [0.2, 0.25) is 5.91 Å². The lowest BCUT2D eigenvalue weighted by Gasteiger charge is -2.13. The van der Waals surface area contributed by atoms with Gasteiger partial charge in [-0.25, -0.2) is 0 Å². The lowest BCUT2D eigenvalue weighted by Crippen LogP contribution is -2.35. The van der Waals surface area contributed by atoms with Gasteiger partial charge in [0.05, 0.1) is 6.54 Å². The molecule has 2 aliphatic heterocycles. The number of rotatable bonds is 2. The topological polar surface area (TPSA) is 44.7 Å². The van der Waals surface area contributed by atoms with Gasteiger partial charge in [-0.3, -0.25) is 14.7 Å². The van der Waals surface area contributed by atoms with Crippen LogP contribution in [0.5, 0.6) is 0 Å². The Bertz CT molecular complexity index is 243. The summed E-state index contributed by atoms with van der Waals surface area (Å²) >= 11 is 0. The van der Waals surface area contributed by atoms with Crippen molar-refractivity contribution in [3.63, 3.8) is 0 Å². The van der Waals surface area contributed by atoms with Gasteiger partial charge in [-0.1, -0.05) is 0 Å². The first kappa shape index (κ1) is 8.69. The molecule has 0 aliphatic carbocycles. The van der Waals surface area contributed by atoms with Gasteiger partial charge in [0.15, 0.2) is 0 Å². The van der Waals surface area contributed by atoms with Gasteiger partial charge < -0.3 is 5.32 Å². The number of aliphatic imine (C=N–C) groups is 1. The highest BCUT2D eigenvalue weighted by molar-refractivity contribution is 6.06. The summed E-state index contributed by atoms with van der Waals surface area (Å²) in [5.74, 6) is 0.883. The molecular formula is C9H15N3O. The van der Waals surface area contributed by atoms with Crippen LogP contribution in [0.15, 0.2) is 4.99 Å². The molecule has 1 fully saturated rings. The third-order valence-corrected chi connectivity index (χ3v) is 2.57. The Morgan fingerprint density at radius 3 is 2.77 bits per heavy atom. The van der Waals surface area contributed by atoms with Gasteiger partial charge in [0.1, 0.15) is 11.9 Å². The van der Waals surface area contributed by atoms with Crippen molar-refractivity contribution in [2.75, 3.05) is 19.6 Å². The average Bonchev–Trinajstić information content (AvgIpc) is 2.64. The van der Waals surface area contributed by atoms with E-state index in [0.717, 1.165) is 25.5 Å². The molecule has 1 N–H and O–H groups in total. The van der Waals surface area contributed by atoms with E-state index in [-0.39, 0.29) is 11.9 Å². The Hall–Kier alpha value is -0.900. The lowest BCUT2D eigenvalue weighted by atomic mass is 10.4. The number of nitrogens with zero attached hydrogens (tertiary/aromatic N) is 2. The fourth-order valence-electron chi connectivity index (χ4n) is 1.80. The average molecular weight is 181 g/mol. The zero-order valence-corrected chi connectivity index (χ0v) is 7.92. The number of amides is 1. The van der Waals surface area contributed by atoms with Gasteiger partial charge in [-0.05, 0) is 32.9 Å². The van der Waals surface area contributed by atoms with Crippen LogP contribution in [-0.2, 0) is 4.79 Å². The standard InChI is InChI=1S/C9H15N3O/c1-7-9(13)11-8(10-7)6-12-4-2-3-5-12/h7H,2-6H2,1H3,(H,10,11,13). The molecule has 0 bridgehead atoms. The maximum Gasteiger partial charge on any atom is 0.249 e. The van der Waals surface area contributed by atoms with Crippen LogP contribution in [0, 0.1) is 0 Å². The summed E-state index contributed by atoms with van der Waals surface area (Å²) in [5, 5.41) is 2.80. The molecule has 1 unspecified atom stereocenters. The minimum absolute atomic E-state index is 0.0363. The van der Waals surface area contributed by atoms with E-state index in [1.807, 2.05) is 6.92 Å². The van der Waals surface area contributed by atoms with Crippen molar-refractivity contribution in [1.29, 1.82) is 0 Å². The van der Waals surface area contributed by atoms with Crippen molar-refractivity contribution in [2.24, 2.45) is 4.99 Å². The highest BCUT2D eigenvalue weighted by Crippen LogP contribution is 2.08.